The number of hydrogen-bond donors (Lipinski definition) is 0. The van der Waals surface area contributed by atoms with E-state index in [1.54, 1.807) is 0 Å². The maximum Gasteiger partial charge on any atom is 0.403 e. The number of rotatable bonds is 1. The average molecular weight is 114 g/mol. The van der Waals surface area contributed by atoms with Crippen LogP contribution in [0.5, 0.6) is 0 Å². The van der Waals surface area contributed by atoms with E-state index in [4.69, 9.17) is 0 Å². The monoisotopic (exact) mass is 114 g/mol. The van der Waals surface area contributed by atoms with Crippen LogP contribution < -0.4 is 0 Å². The summed E-state index contributed by atoms with van der Waals surface area (Å²) >= 11 is 0. The van der Waals surface area contributed by atoms with Crippen molar-refractivity contribution in [3.63, 3.8) is 0 Å². The Balaban J connectivity index is 2.57. The van der Waals surface area contributed by atoms with E-state index in [0.29, 0.717) is 13.0 Å². The fourth-order valence-corrected chi connectivity index (χ4v) is 0.451. The van der Waals surface area contributed by atoms with Crippen LogP contribution in [0.15, 0.2) is 5.16 Å². The van der Waals surface area contributed by atoms with Crippen LogP contribution >= 0.6 is 0 Å². The number of hydrogen-bond acceptors (Lipinski definition) is 3. The first-order valence-electron chi connectivity index (χ1n) is 2.21. The number of nitrogens with zero attached hydrogens (tertiary/aromatic N) is 1. The zero-order chi connectivity index (χ0) is 5.98. The molecule has 1 radical (unpaired) electrons. The van der Waals surface area contributed by atoms with Crippen molar-refractivity contribution in [2.24, 2.45) is 5.16 Å². The summed E-state index contributed by atoms with van der Waals surface area (Å²) in [4.78, 5) is 14.3. The lowest BCUT2D eigenvalue weighted by atomic mass is 10.3. The summed E-state index contributed by atoms with van der Waals surface area (Å²) in [7, 11) is 0. The molecule has 0 spiro atoms. The molecule has 8 heavy (non-hydrogen) atoms. The minimum absolute atomic E-state index is 0.00463. The fraction of sp³-hybridized carbons (Fsp3) is 0.500. The minimum atomic E-state index is -1.23. The van der Waals surface area contributed by atoms with Crippen molar-refractivity contribution in [3.05, 3.63) is 0 Å². The van der Waals surface area contributed by atoms with E-state index in [2.05, 4.69) is 9.99 Å². The Morgan fingerprint density at radius 3 is 2.75 bits per heavy atom. The van der Waals surface area contributed by atoms with Crippen LogP contribution in [0.3, 0.4) is 0 Å². The third kappa shape index (κ3) is 0.776. The quantitative estimate of drug-likeness (QED) is 0.470. The summed E-state index contributed by atoms with van der Waals surface area (Å²) in [6.45, 7) is 0.364. The van der Waals surface area contributed by atoms with Gasteiger partial charge in [0.1, 0.15) is 6.61 Å². The molecule has 0 unspecified atom stereocenters. The highest BCUT2D eigenvalue weighted by Crippen LogP contribution is 1.98. The number of carbonyl (C=O) groups excluding carboxylic acids is 1. The molecule has 0 amide bonds. The Hall–Kier alpha value is -1.06. The first kappa shape index (κ1) is 5.08. The number of oxime groups is 1. The second-order valence-corrected chi connectivity index (χ2v) is 1.41. The molecule has 0 fully saturated rings. The highest BCUT2D eigenvalue weighted by atomic mass is 16.6. The van der Waals surface area contributed by atoms with Crippen LogP contribution in [0, 0.1) is 0 Å². The van der Waals surface area contributed by atoms with E-state index >= 15 is 0 Å². The highest BCUT2D eigenvalue weighted by molar-refractivity contribution is 6.35. The van der Waals surface area contributed by atoms with Crippen molar-refractivity contribution < 1.29 is 14.7 Å². The molecule has 0 saturated carbocycles. The second kappa shape index (κ2) is 1.81. The van der Waals surface area contributed by atoms with Crippen molar-refractivity contribution in [2.75, 3.05) is 6.61 Å². The molecular formula is C4H4NO3. The van der Waals surface area contributed by atoms with Gasteiger partial charge in [0.25, 0.3) is 0 Å². The SMILES string of the molecule is [O]C(=O)C1=NOCC1. The molecule has 43 valence electrons. The zero-order valence-electron chi connectivity index (χ0n) is 4.09. The van der Waals surface area contributed by atoms with Gasteiger partial charge in [-0.25, -0.2) is 9.90 Å². The standard InChI is InChI=1S/C4H4NO3/c6-4(7)3-1-2-8-5-3/h1-2H2. The third-order valence-electron chi connectivity index (χ3n) is 0.841. The van der Waals surface area contributed by atoms with Gasteiger partial charge in [0.05, 0.1) is 0 Å². The first-order chi connectivity index (χ1) is 3.80. The largest absolute Gasteiger partial charge is 0.403 e. The van der Waals surface area contributed by atoms with Gasteiger partial charge in [-0.2, -0.15) is 0 Å². The number of carbonyl (C=O) groups is 1. The summed E-state index contributed by atoms with van der Waals surface area (Å²) in [5.41, 5.74) is 0.00463. The van der Waals surface area contributed by atoms with E-state index in [0.717, 1.165) is 0 Å². The predicted molar refractivity (Wildman–Crippen MR) is 23.7 cm³/mol. The summed E-state index contributed by atoms with van der Waals surface area (Å²) in [6, 6.07) is 0. The molecule has 0 bridgehead atoms. The summed E-state index contributed by atoms with van der Waals surface area (Å²) < 4.78 is 0. The van der Waals surface area contributed by atoms with Crippen LogP contribution in [-0.2, 0) is 14.7 Å². The van der Waals surface area contributed by atoms with Crippen molar-refractivity contribution in [1.29, 1.82) is 0 Å². The summed E-state index contributed by atoms with van der Waals surface area (Å²) in [6.07, 6.45) is 0.363. The predicted octanol–water partition coefficient (Wildman–Crippen LogP) is -0.280. The van der Waals surface area contributed by atoms with E-state index in [-0.39, 0.29) is 5.71 Å². The van der Waals surface area contributed by atoms with Gasteiger partial charge in [-0.1, -0.05) is 5.16 Å². The van der Waals surface area contributed by atoms with Gasteiger partial charge in [0, 0.05) is 6.42 Å². The molecule has 1 aliphatic rings. The Labute approximate surface area is 45.7 Å². The van der Waals surface area contributed by atoms with E-state index < -0.39 is 5.97 Å². The maximum atomic E-state index is 9.88. The lowest BCUT2D eigenvalue weighted by Crippen LogP contribution is -2.07. The van der Waals surface area contributed by atoms with Crippen LogP contribution in [0.4, 0.5) is 0 Å². The molecule has 0 aliphatic carbocycles. The molecule has 1 heterocycles. The van der Waals surface area contributed by atoms with Crippen LogP contribution in [0.2, 0.25) is 0 Å². The molecule has 4 nitrogen and oxygen atoms in total. The molecule has 0 aromatic heterocycles. The van der Waals surface area contributed by atoms with Gasteiger partial charge in [-0.15, -0.1) is 0 Å². The fourth-order valence-electron chi connectivity index (χ4n) is 0.451. The van der Waals surface area contributed by atoms with Gasteiger partial charge in [-0.05, 0) is 0 Å². The Morgan fingerprint density at radius 1 is 1.75 bits per heavy atom. The summed E-state index contributed by atoms with van der Waals surface area (Å²) in [5, 5.41) is 13.1. The van der Waals surface area contributed by atoms with Crippen molar-refractivity contribution in [3.8, 4) is 0 Å². The molecule has 1 aliphatic heterocycles. The van der Waals surface area contributed by atoms with Gasteiger partial charge in [0.15, 0.2) is 5.71 Å². The van der Waals surface area contributed by atoms with Crippen molar-refractivity contribution >= 4 is 11.7 Å². The van der Waals surface area contributed by atoms with Crippen LogP contribution in [0.1, 0.15) is 6.42 Å². The van der Waals surface area contributed by atoms with Gasteiger partial charge >= 0.3 is 5.97 Å². The molecule has 0 aromatic rings. The maximum absolute atomic E-state index is 9.88. The minimum Gasteiger partial charge on any atom is -0.395 e. The molecule has 0 atom stereocenters. The molecule has 0 saturated heterocycles. The van der Waals surface area contributed by atoms with Crippen LogP contribution in [-0.4, -0.2) is 18.3 Å². The smallest absolute Gasteiger partial charge is 0.395 e. The third-order valence-corrected chi connectivity index (χ3v) is 0.841. The Morgan fingerprint density at radius 2 is 2.50 bits per heavy atom. The Kier molecular flexibility index (Phi) is 1.15. The lowest BCUT2D eigenvalue weighted by molar-refractivity contribution is -0.135. The van der Waals surface area contributed by atoms with E-state index in [1.165, 1.54) is 0 Å². The van der Waals surface area contributed by atoms with Crippen molar-refractivity contribution in [1.82, 2.24) is 0 Å². The average Bonchev–Trinajstić information content (AvgIpc) is 2.12. The summed E-state index contributed by atoms with van der Waals surface area (Å²) in [5.74, 6) is -1.23. The molecule has 4 heteroatoms. The van der Waals surface area contributed by atoms with Gasteiger partial charge in [-0.3, -0.25) is 0 Å². The zero-order valence-corrected chi connectivity index (χ0v) is 4.09. The molecule has 0 N–H and O–H groups in total. The first-order valence-corrected chi connectivity index (χ1v) is 2.21. The van der Waals surface area contributed by atoms with Gasteiger partial charge < -0.3 is 4.84 Å². The highest BCUT2D eigenvalue weighted by Gasteiger charge is 2.16. The Bertz CT molecular complexity index is 140. The second-order valence-electron chi connectivity index (χ2n) is 1.41. The van der Waals surface area contributed by atoms with Gasteiger partial charge in [0.2, 0.25) is 0 Å². The molecule has 1 rings (SSSR count). The van der Waals surface area contributed by atoms with Crippen molar-refractivity contribution in [2.45, 2.75) is 6.42 Å². The van der Waals surface area contributed by atoms with E-state index in [1.807, 2.05) is 0 Å². The molecule has 0 aromatic carbocycles. The van der Waals surface area contributed by atoms with E-state index in [9.17, 15) is 9.90 Å². The lowest BCUT2D eigenvalue weighted by Gasteiger charge is -1.76. The molecular weight excluding hydrogens is 110 g/mol. The normalized spacial score (nSPS) is 17.2. The topological polar surface area (TPSA) is 58.6 Å². The van der Waals surface area contributed by atoms with Crippen LogP contribution in [0.25, 0.3) is 0 Å².